The van der Waals surface area contributed by atoms with Crippen molar-refractivity contribution in [2.24, 2.45) is 0 Å². The van der Waals surface area contributed by atoms with Gasteiger partial charge >= 0.3 is 0 Å². The van der Waals surface area contributed by atoms with Crippen LogP contribution in [0, 0.1) is 0 Å². The van der Waals surface area contributed by atoms with E-state index in [0.717, 1.165) is 83.5 Å². The zero-order valence-corrected chi connectivity index (χ0v) is 31.2. The molecule has 0 aliphatic carbocycles. The van der Waals surface area contributed by atoms with Crippen molar-refractivity contribution in [3.63, 3.8) is 0 Å². The van der Waals surface area contributed by atoms with E-state index in [1.807, 2.05) is 0 Å². The molecule has 4 heteroatoms. The van der Waals surface area contributed by atoms with E-state index in [1.165, 1.54) is 57.8 Å². The minimum absolute atomic E-state index is 0.0579. The molecule has 0 aromatic rings. The topological polar surface area (TPSA) is 69.6 Å². The van der Waals surface area contributed by atoms with Crippen molar-refractivity contribution in [1.82, 2.24) is 5.32 Å². The predicted octanol–water partition coefficient (Wildman–Crippen LogP) is 12.1. The maximum absolute atomic E-state index is 12.3. The maximum atomic E-state index is 12.3. The molecule has 0 fully saturated rings. The Hall–Kier alpha value is -2.43. The molecular formula is C44H75NO3. The minimum Gasteiger partial charge on any atom is -0.394 e. The Morgan fingerprint density at radius 1 is 0.521 bits per heavy atom. The molecule has 0 aliphatic rings. The van der Waals surface area contributed by atoms with E-state index in [0.29, 0.717) is 12.8 Å². The molecule has 3 N–H and O–H groups in total. The molecule has 0 bridgehead atoms. The van der Waals surface area contributed by atoms with Gasteiger partial charge in [0.15, 0.2) is 0 Å². The van der Waals surface area contributed by atoms with Crippen LogP contribution in [0.15, 0.2) is 85.1 Å². The molecule has 0 saturated heterocycles. The smallest absolute Gasteiger partial charge is 0.220 e. The van der Waals surface area contributed by atoms with Crippen molar-refractivity contribution in [1.29, 1.82) is 0 Å². The summed E-state index contributed by atoms with van der Waals surface area (Å²) < 4.78 is 0. The summed E-state index contributed by atoms with van der Waals surface area (Å²) in [5.74, 6) is -0.0579. The number of aliphatic hydroxyl groups is 2. The second-order valence-electron chi connectivity index (χ2n) is 13.0. The number of allylic oxidation sites excluding steroid dienone is 14. The Morgan fingerprint density at radius 2 is 0.917 bits per heavy atom. The Labute approximate surface area is 297 Å². The first-order chi connectivity index (χ1) is 23.7. The third-order valence-electron chi connectivity index (χ3n) is 8.42. The number of rotatable bonds is 34. The van der Waals surface area contributed by atoms with E-state index >= 15 is 0 Å². The van der Waals surface area contributed by atoms with Gasteiger partial charge in [0.2, 0.25) is 5.91 Å². The summed E-state index contributed by atoms with van der Waals surface area (Å²) in [5, 5.41) is 23.0. The van der Waals surface area contributed by atoms with Crippen LogP contribution in [-0.2, 0) is 4.79 Å². The summed E-state index contributed by atoms with van der Waals surface area (Å²) in [6.45, 7) is 4.19. The summed E-state index contributed by atoms with van der Waals surface area (Å²) in [4.78, 5) is 12.3. The van der Waals surface area contributed by atoms with E-state index in [2.05, 4.69) is 104 Å². The zero-order chi connectivity index (χ0) is 35.0. The van der Waals surface area contributed by atoms with Gasteiger partial charge in [-0.3, -0.25) is 4.79 Å². The number of amides is 1. The predicted molar refractivity (Wildman–Crippen MR) is 211 cm³/mol. The van der Waals surface area contributed by atoms with Gasteiger partial charge in [-0.1, -0.05) is 176 Å². The largest absolute Gasteiger partial charge is 0.394 e. The molecule has 0 radical (unpaired) electrons. The van der Waals surface area contributed by atoms with Crippen molar-refractivity contribution in [3.05, 3.63) is 85.1 Å². The van der Waals surface area contributed by atoms with Crippen LogP contribution in [0.5, 0.6) is 0 Å². The van der Waals surface area contributed by atoms with Crippen molar-refractivity contribution in [2.45, 2.75) is 180 Å². The molecule has 0 heterocycles. The molecule has 1 amide bonds. The number of carbonyl (C=O) groups excluding carboxylic acids is 1. The van der Waals surface area contributed by atoms with E-state index in [4.69, 9.17) is 0 Å². The summed E-state index contributed by atoms with van der Waals surface area (Å²) in [5.41, 5.74) is 0. The average Bonchev–Trinajstić information content (AvgIpc) is 3.09. The zero-order valence-electron chi connectivity index (χ0n) is 31.2. The van der Waals surface area contributed by atoms with Crippen molar-refractivity contribution in [3.8, 4) is 0 Å². The second-order valence-corrected chi connectivity index (χ2v) is 13.0. The molecule has 274 valence electrons. The van der Waals surface area contributed by atoms with Gasteiger partial charge in [-0.05, 0) is 70.6 Å². The highest BCUT2D eigenvalue weighted by Crippen LogP contribution is 2.13. The SMILES string of the molecule is CC/C=C\C/C=C\C/C=C\C/C=C\C/C=C\C/C=C\C/C=C\CCCCCCCC(=O)NC(CO)C(O)CCCCCCCCCCC. The minimum atomic E-state index is -0.670. The van der Waals surface area contributed by atoms with E-state index < -0.39 is 12.1 Å². The quantitative estimate of drug-likeness (QED) is 0.0473. The van der Waals surface area contributed by atoms with E-state index in [-0.39, 0.29) is 12.5 Å². The van der Waals surface area contributed by atoms with Crippen LogP contribution >= 0.6 is 0 Å². The Bertz CT molecular complexity index is 895. The molecule has 0 aromatic heterocycles. The fraction of sp³-hybridized carbons (Fsp3) is 0.659. The fourth-order valence-electron chi connectivity index (χ4n) is 5.40. The third kappa shape index (κ3) is 34.9. The fourth-order valence-corrected chi connectivity index (χ4v) is 5.40. The van der Waals surface area contributed by atoms with Crippen LogP contribution < -0.4 is 5.32 Å². The van der Waals surface area contributed by atoms with Gasteiger partial charge in [0, 0.05) is 6.42 Å². The molecule has 4 nitrogen and oxygen atoms in total. The van der Waals surface area contributed by atoms with E-state index in [1.54, 1.807) is 0 Å². The highest BCUT2D eigenvalue weighted by molar-refractivity contribution is 5.76. The normalized spacial score (nSPS) is 14.0. The first-order valence-corrected chi connectivity index (χ1v) is 19.8. The highest BCUT2D eigenvalue weighted by Gasteiger charge is 2.19. The van der Waals surface area contributed by atoms with Crippen molar-refractivity contribution < 1.29 is 15.0 Å². The first-order valence-electron chi connectivity index (χ1n) is 19.8. The summed E-state index contributed by atoms with van der Waals surface area (Å²) in [6, 6.07) is -0.550. The lowest BCUT2D eigenvalue weighted by molar-refractivity contribution is -0.123. The summed E-state index contributed by atoms with van der Waals surface area (Å²) in [6.07, 6.45) is 56.5. The van der Waals surface area contributed by atoms with Crippen LogP contribution in [0.1, 0.15) is 168 Å². The Kier molecular flexibility index (Phi) is 37.0. The lowest BCUT2D eigenvalue weighted by Gasteiger charge is -2.22. The number of aliphatic hydroxyl groups excluding tert-OH is 2. The molecule has 0 saturated carbocycles. The van der Waals surface area contributed by atoms with Crippen LogP contribution in [0.25, 0.3) is 0 Å². The van der Waals surface area contributed by atoms with Crippen LogP contribution in [0.4, 0.5) is 0 Å². The number of nitrogens with one attached hydrogen (secondary N) is 1. The lowest BCUT2D eigenvalue weighted by atomic mass is 10.0. The van der Waals surface area contributed by atoms with Crippen LogP contribution in [-0.4, -0.2) is 34.9 Å². The molecule has 0 rings (SSSR count). The number of hydrogen-bond acceptors (Lipinski definition) is 3. The number of unbranched alkanes of at least 4 members (excludes halogenated alkanes) is 13. The van der Waals surface area contributed by atoms with Gasteiger partial charge < -0.3 is 15.5 Å². The molecule has 48 heavy (non-hydrogen) atoms. The monoisotopic (exact) mass is 666 g/mol. The Morgan fingerprint density at radius 3 is 1.38 bits per heavy atom. The highest BCUT2D eigenvalue weighted by atomic mass is 16.3. The molecule has 0 aliphatic heterocycles. The van der Waals surface area contributed by atoms with Gasteiger partial charge in [0.05, 0.1) is 18.8 Å². The van der Waals surface area contributed by atoms with Gasteiger partial charge in [0.25, 0.3) is 0 Å². The Balaban J connectivity index is 3.66. The van der Waals surface area contributed by atoms with Crippen LogP contribution in [0.2, 0.25) is 0 Å². The van der Waals surface area contributed by atoms with Crippen molar-refractivity contribution in [2.75, 3.05) is 6.61 Å². The third-order valence-corrected chi connectivity index (χ3v) is 8.42. The first kappa shape index (κ1) is 45.6. The van der Waals surface area contributed by atoms with E-state index in [9.17, 15) is 15.0 Å². The van der Waals surface area contributed by atoms with Gasteiger partial charge in [0.1, 0.15) is 0 Å². The molecule has 0 spiro atoms. The second kappa shape index (κ2) is 39.0. The number of carbonyl (C=O) groups is 1. The number of hydrogen-bond donors (Lipinski definition) is 3. The molecule has 2 atom stereocenters. The maximum Gasteiger partial charge on any atom is 0.220 e. The average molecular weight is 666 g/mol. The molecule has 2 unspecified atom stereocenters. The standard InChI is InChI=1S/C44H75NO3/c1-3-5-7-9-11-13-14-15-16-17-18-19-20-21-22-23-24-25-26-27-28-29-30-32-34-36-38-40-44(48)45-42(41-46)43(47)39-37-35-33-31-12-10-8-6-4-2/h5,7,11,13,15-16,18-19,21-22,24-25,27-28,42-43,46-47H,3-4,6,8-10,12,14,17,20,23,26,29-41H2,1-2H3,(H,45,48)/b7-5-,13-11-,16-15-,19-18-,22-21-,25-24-,28-27-. The summed E-state index contributed by atoms with van der Waals surface area (Å²) in [7, 11) is 0. The van der Waals surface area contributed by atoms with Gasteiger partial charge in [-0.25, -0.2) is 0 Å². The van der Waals surface area contributed by atoms with Gasteiger partial charge in [-0.15, -0.1) is 0 Å². The lowest BCUT2D eigenvalue weighted by Crippen LogP contribution is -2.45. The molecule has 0 aromatic carbocycles. The summed E-state index contributed by atoms with van der Waals surface area (Å²) >= 11 is 0. The molecular weight excluding hydrogens is 590 g/mol. The van der Waals surface area contributed by atoms with Crippen molar-refractivity contribution >= 4 is 5.91 Å². The van der Waals surface area contributed by atoms with Crippen LogP contribution in [0.3, 0.4) is 0 Å². The van der Waals surface area contributed by atoms with Gasteiger partial charge in [-0.2, -0.15) is 0 Å².